The maximum atomic E-state index is 12.5. The summed E-state index contributed by atoms with van der Waals surface area (Å²) in [6, 6.07) is 8.31. The molecule has 1 saturated heterocycles. The highest BCUT2D eigenvalue weighted by atomic mass is 35.5. The zero-order chi connectivity index (χ0) is 18.7. The second-order valence-corrected chi connectivity index (χ2v) is 6.41. The molecule has 1 atom stereocenters. The van der Waals surface area contributed by atoms with Crippen LogP contribution in [0.25, 0.3) is 0 Å². The number of morpholine rings is 1. The second kappa shape index (κ2) is 9.14. The van der Waals surface area contributed by atoms with E-state index in [-0.39, 0.29) is 29.8 Å². The molecule has 0 spiro atoms. The molecule has 7 nitrogen and oxygen atoms in total. The Hall–Kier alpha value is -2.19. The maximum absolute atomic E-state index is 12.5. The van der Waals surface area contributed by atoms with Crippen molar-refractivity contribution in [2.45, 2.75) is 13.0 Å². The predicted molar refractivity (Wildman–Crippen MR) is 106 cm³/mol. The molecule has 9 heteroatoms. The monoisotopic (exact) mass is 410 g/mol. The van der Waals surface area contributed by atoms with Crippen LogP contribution in [0, 0.1) is 6.92 Å². The molecular formula is C18H20Cl2N4O3. The van der Waals surface area contributed by atoms with Gasteiger partial charge in [0.1, 0.15) is 5.69 Å². The second-order valence-electron chi connectivity index (χ2n) is 6.00. The first kappa shape index (κ1) is 21.1. The molecule has 2 amide bonds. The van der Waals surface area contributed by atoms with Crippen LogP contribution in [0.3, 0.4) is 0 Å². The Morgan fingerprint density at radius 3 is 2.74 bits per heavy atom. The third kappa shape index (κ3) is 5.17. The van der Waals surface area contributed by atoms with E-state index in [0.29, 0.717) is 29.6 Å². The number of ether oxygens (including phenoxy) is 1. The number of rotatable bonds is 4. The topological polar surface area (TPSA) is 106 Å². The third-order valence-electron chi connectivity index (χ3n) is 4.01. The summed E-state index contributed by atoms with van der Waals surface area (Å²) >= 11 is 6.32. The van der Waals surface area contributed by atoms with Gasteiger partial charge in [-0.2, -0.15) is 0 Å². The number of nitrogens with two attached hydrogens (primary N) is 1. The van der Waals surface area contributed by atoms with Crippen molar-refractivity contribution < 1.29 is 14.3 Å². The molecule has 144 valence electrons. The van der Waals surface area contributed by atoms with Crippen molar-refractivity contribution >= 4 is 41.5 Å². The van der Waals surface area contributed by atoms with Crippen LogP contribution < -0.4 is 16.4 Å². The van der Waals surface area contributed by atoms with E-state index in [2.05, 4.69) is 15.6 Å². The fraction of sp³-hybridized carbons (Fsp3) is 0.278. The van der Waals surface area contributed by atoms with Gasteiger partial charge in [0, 0.05) is 24.3 Å². The number of nitrogens with zero attached hydrogens (tertiary/aromatic N) is 1. The van der Waals surface area contributed by atoms with Crippen LogP contribution in [-0.2, 0) is 4.74 Å². The SMILES string of the molecule is Cc1cc(C(=O)Nc2ccc(C3CNCCO3)cc2Cl)cc(C(N)=O)n1.Cl. The zero-order valence-electron chi connectivity index (χ0n) is 14.6. The normalized spacial score (nSPS) is 16.3. The van der Waals surface area contributed by atoms with Crippen LogP contribution >= 0.6 is 24.0 Å². The summed E-state index contributed by atoms with van der Waals surface area (Å²) in [5, 5.41) is 6.41. The standard InChI is InChI=1S/C18H19ClN4O3.ClH/c1-10-6-12(8-15(22-10)17(20)24)18(25)23-14-3-2-11(7-13(14)19)16-9-21-4-5-26-16;/h2-3,6-8,16,21H,4-5,9H2,1H3,(H2,20,24)(H,23,25);1H. The first-order valence-corrected chi connectivity index (χ1v) is 8.53. The van der Waals surface area contributed by atoms with Crippen LogP contribution in [0.1, 0.15) is 38.2 Å². The number of aromatic nitrogens is 1. The zero-order valence-corrected chi connectivity index (χ0v) is 16.2. The molecule has 0 saturated carbocycles. The van der Waals surface area contributed by atoms with E-state index in [1.807, 2.05) is 6.07 Å². The smallest absolute Gasteiger partial charge is 0.267 e. The lowest BCUT2D eigenvalue weighted by Crippen LogP contribution is -2.33. The van der Waals surface area contributed by atoms with Crippen molar-refractivity contribution in [2.75, 3.05) is 25.0 Å². The molecule has 4 N–H and O–H groups in total. The number of aryl methyl sites for hydroxylation is 1. The van der Waals surface area contributed by atoms with Crippen LogP contribution in [0.15, 0.2) is 30.3 Å². The molecule has 2 heterocycles. The number of primary amides is 1. The molecule has 1 fully saturated rings. The highest BCUT2D eigenvalue weighted by molar-refractivity contribution is 6.34. The van der Waals surface area contributed by atoms with Crippen molar-refractivity contribution in [3.05, 3.63) is 57.9 Å². The average molecular weight is 411 g/mol. The maximum Gasteiger partial charge on any atom is 0.267 e. The van der Waals surface area contributed by atoms with Gasteiger partial charge in [0.15, 0.2) is 0 Å². The third-order valence-corrected chi connectivity index (χ3v) is 4.32. The fourth-order valence-electron chi connectivity index (χ4n) is 2.73. The van der Waals surface area contributed by atoms with Gasteiger partial charge in [-0.3, -0.25) is 9.59 Å². The van der Waals surface area contributed by atoms with Gasteiger partial charge in [-0.05, 0) is 36.8 Å². The van der Waals surface area contributed by atoms with E-state index in [1.165, 1.54) is 6.07 Å². The van der Waals surface area contributed by atoms with Gasteiger partial charge in [0.25, 0.3) is 11.8 Å². The molecule has 0 bridgehead atoms. The summed E-state index contributed by atoms with van der Waals surface area (Å²) in [6.07, 6.45) is -0.0630. The van der Waals surface area contributed by atoms with Gasteiger partial charge < -0.3 is 21.1 Å². The van der Waals surface area contributed by atoms with Crippen LogP contribution in [-0.4, -0.2) is 36.5 Å². The minimum Gasteiger partial charge on any atom is -0.371 e. The fourth-order valence-corrected chi connectivity index (χ4v) is 2.97. The molecule has 2 aromatic rings. The van der Waals surface area contributed by atoms with Gasteiger partial charge in [-0.1, -0.05) is 17.7 Å². The number of pyridine rings is 1. The van der Waals surface area contributed by atoms with Crippen LogP contribution in [0.4, 0.5) is 5.69 Å². The van der Waals surface area contributed by atoms with Crippen LogP contribution in [0.2, 0.25) is 5.02 Å². The van der Waals surface area contributed by atoms with Gasteiger partial charge in [0.2, 0.25) is 0 Å². The lowest BCUT2D eigenvalue weighted by atomic mass is 10.1. The van der Waals surface area contributed by atoms with Crippen molar-refractivity contribution in [1.29, 1.82) is 0 Å². The number of anilines is 1. The molecule has 0 aliphatic carbocycles. The molecule has 1 aliphatic rings. The van der Waals surface area contributed by atoms with Crippen molar-refractivity contribution in [1.82, 2.24) is 10.3 Å². The Morgan fingerprint density at radius 2 is 2.11 bits per heavy atom. The van der Waals surface area contributed by atoms with Crippen molar-refractivity contribution in [2.24, 2.45) is 5.73 Å². The number of amides is 2. The summed E-state index contributed by atoms with van der Waals surface area (Å²) in [5.41, 5.74) is 7.50. The molecule has 1 unspecified atom stereocenters. The largest absolute Gasteiger partial charge is 0.371 e. The van der Waals surface area contributed by atoms with Crippen molar-refractivity contribution in [3.8, 4) is 0 Å². The lowest BCUT2D eigenvalue weighted by molar-refractivity contribution is 0.0277. The Balaban J connectivity index is 0.00000261. The highest BCUT2D eigenvalue weighted by Crippen LogP contribution is 2.28. The summed E-state index contributed by atoms with van der Waals surface area (Å²) in [7, 11) is 0. The minimum absolute atomic E-state index is 0. The van der Waals surface area contributed by atoms with E-state index in [4.69, 9.17) is 22.1 Å². The molecule has 1 aromatic carbocycles. The van der Waals surface area contributed by atoms with E-state index in [9.17, 15) is 9.59 Å². The number of benzene rings is 1. The van der Waals surface area contributed by atoms with E-state index in [0.717, 1.165) is 12.1 Å². The van der Waals surface area contributed by atoms with Crippen molar-refractivity contribution in [3.63, 3.8) is 0 Å². The predicted octanol–water partition coefficient (Wildman–Crippen LogP) is 2.48. The molecule has 3 rings (SSSR count). The van der Waals surface area contributed by atoms with Gasteiger partial charge in [-0.15, -0.1) is 12.4 Å². The molecular weight excluding hydrogens is 391 g/mol. The molecule has 1 aliphatic heterocycles. The first-order chi connectivity index (χ1) is 12.4. The molecule has 1 aromatic heterocycles. The first-order valence-electron chi connectivity index (χ1n) is 8.15. The van der Waals surface area contributed by atoms with Gasteiger partial charge >= 0.3 is 0 Å². The van der Waals surface area contributed by atoms with Crippen LogP contribution in [0.5, 0.6) is 0 Å². The van der Waals surface area contributed by atoms with E-state index < -0.39 is 11.8 Å². The quantitative estimate of drug-likeness (QED) is 0.717. The number of halogens is 2. The number of carbonyl (C=O) groups is 2. The number of nitrogens with one attached hydrogen (secondary N) is 2. The molecule has 27 heavy (non-hydrogen) atoms. The summed E-state index contributed by atoms with van der Waals surface area (Å²) in [6.45, 7) is 3.87. The lowest BCUT2D eigenvalue weighted by Gasteiger charge is -2.24. The Kier molecular flexibility index (Phi) is 7.15. The number of hydrogen-bond acceptors (Lipinski definition) is 5. The average Bonchev–Trinajstić information content (AvgIpc) is 2.63. The highest BCUT2D eigenvalue weighted by Gasteiger charge is 2.18. The van der Waals surface area contributed by atoms with Gasteiger partial charge in [-0.25, -0.2) is 4.98 Å². The summed E-state index contributed by atoms with van der Waals surface area (Å²) in [4.78, 5) is 27.8. The van der Waals surface area contributed by atoms with Gasteiger partial charge in [0.05, 0.1) is 23.4 Å². The Morgan fingerprint density at radius 1 is 1.33 bits per heavy atom. The number of hydrogen-bond donors (Lipinski definition) is 3. The minimum atomic E-state index is -0.689. The van der Waals surface area contributed by atoms with E-state index >= 15 is 0 Å². The number of carbonyl (C=O) groups excluding carboxylic acids is 2. The molecule has 0 radical (unpaired) electrons. The summed E-state index contributed by atoms with van der Waals surface area (Å²) in [5.74, 6) is -1.09. The van der Waals surface area contributed by atoms with E-state index in [1.54, 1.807) is 25.1 Å². The summed E-state index contributed by atoms with van der Waals surface area (Å²) < 4.78 is 5.70. The Labute approximate surface area is 168 Å². The Bertz CT molecular complexity index is 854.